The summed E-state index contributed by atoms with van der Waals surface area (Å²) >= 11 is 7.19. The smallest absolute Gasteiger partial charge is 0.490 e. The van der Waals surface area contributed by atoms with Crippen molar-refractivity contribution < 1.29 is 56.0 Å². The Hall–Kier alpha value is -3.87. The molecule has 0 saturated heterocycles. The van der Waals surface area contributed by atoms with E-state index in [-0.39, 0.29) is 16.5 Å². The summed E-state index contributed by atoms with van der Waals surface area (Å²) in [5.74, 6) is -5.31. The number of thiazole rings is 1. The number of aromatic nitrogens is 1. The first-order valence-electron chi connectivity index (χ1n) is 15.8. The molecule has 1 fully saturated rings. The zero-order valence-corrected chi connectivity index (χ0v) is 28.8. The monoisotopic (exact) mass is 772 g/mol. The molecule has 2 aromatic carbocycles. The van der Waals surface area contributed by atoms with Gasteiger partial charge in [0.2, 0.25) is 5.91 Å². The van der Waals surface area contributed by atoms with E-state index in [0.29, 0.717) is 24.5 Å². The number of phenols is 1. The third-order valence-electron chi connectivity index (χ3n) is 7.61. The molecule has 1 aliphatic rings. The quantitative estimate of drug-likeness (QED) is 0.0938. The molecule has 3 aromatic rings. The van der Waals surface area contributed by atoms with Crippen LogP contribution in [0, 0.1) is 0 Å². The molecule has 284 valence electrons. The van der Waals surface area contributed by atoms with Gasteiger partial charge in [-0.25, -0.2) is 9.59 Å². The number of phenolic OH excluding ortho intramolecular Hbond substituents is 1. The number of rotatable bonds is 13. The van der Waals surface area contributed by atoms with Gasteiger partial charge in [-0.15, -0.1) is 0 Å². The Morgan fingerprint density at radius 3 is 2.12 bits per heavy atom. The van der Waals surface area contributed by atoms with Gasteiger partial charge in [0.05, 0.1) is 4.70 Å². The molecule has 1 aromatic heterocycles. The topological polar surface area (TPSA) is 172 Å². The minimum Gasteiger partial charge on any atom is -0.506 e. The van der Waals surface area contributed by atoms with Crippen molar-refractivity contribution in [2.24, 2.45) is 0 Å². The van der Waals surface area contributed by atoms with E-state index in [9.17, 15) is 41.0 Å². The number of amides is 1. The maximum absolute atomic E-state index is 12.5. The van der Waals surface area contributed by atoms with E-state index in [1.807, 2.05) is 30.3 Å². The largest absolute Gasteiger partial charge is 0.506 e. The van der Waals surface area contributed by atoms with Crippen LogP contribution in [0.1, 0.15) is 49.7 Å². The summed E-state index contributed by atoms with van der Waals surface area (Å²) in [5.41, 5.74) is 2.71. The molecule has 0 spiro atoms. The minimum atomic E-state index is -5.08. The van der Waals surface area contributed by atoms with Crippen LogP contribution in [0.3, 0.4) is 0 Å². The molecule has 0 atom stereocenters. The number of halogens is 7. The van der Waals surface area contributed by atoms with Gasteiger partial charge < -0.3 is 30.9 Å². The van der Waals surface area contributed by atoms with Crippen molar-refractivity contribution in [1.82, 2.24) is 20.5 Å². The van der Waals surface area contributed by atoms with Crippen molar-refractivity contribution in [2.75, 3.05) is 32.7 Å². The van der Waals surface area contributed by atoms with Crippen LogP contribution in [0.25, 0.3) is 10.2 Å². The standard InChI is InChI=1S/C28H37ClN4O3S.2C2HF3O2/c29-22-6-4-5-20(19-22)11-15-31-25(35)13-17-33(23-7-2-1-3-8-23)18-16-30-14-12-21-9-10-24(34)26-27(21)37-28(36)32-26;2*3-2(4,5)1(6)7/h4-6,9-10,19,23,30,34H,1-3,7-8,11-18H2,(H,31,35)(H,32,36);2*(H,6,7). The fourth-order valence-corrected chi connectivity index (χ4v) is 6.25. The van der Waals surface area contributed by atoms with Gasteiger partial charge in [-0.05, 0) is 61.6 Å². The number of H-pyrrole nitrogens is 1. The number of nitrogens with one attached hydrogen (secondary N) is 3. The highest BCUT2D eigenvalue weighted by molar-refractivity contribution is 7.16. The third-order valence-corrected chi connectivity index (χ3v) is 8.81. The Morgan fingerprint density at radius 1 is 0.902 bits per heavy atom. The maximum Gasteiger partial charge on any atom is 0.490 e. The minimum absolute atomic E-state index is 0.0950. The van der Waals surface area contributed by atoms with Gasteiger partial charge in [-0.1, -0.05) is 60.4 Å². The van der Waals surface area contributed by atoms with Gasteiger partial charge >= 0.3 is 29.2 Å². The molecular weight excluding hydrogens is 734 g/mol. The Bertz CT molecular complexity index is 1600. The zero-order valence-electron chi connectivity index (χ0n) is 27.2. The number of carbonyl (C=O) groups excluding carboxylic acids is 1. The predicted octanol–water partition coefficient (Wildman–Crippen LogP) is 5.73. The number of nitrogens with zero attached hydrogens (tertiary/aromatic N) is 1. The Labute approximate surface area is 297 Å². The van der Waals surface area contributed by atoms with Gasteiger partial charge in [0, 0.05) is 43.7 Å². The Balaban J connectivity index is 0.000000543. The molecule has 0 unspecified atom stereocenters. The van der Waals surface area contributed by atoms with Crippen LogP contribution in [0.15, 0.2) is 41.2 Å². The van der Waals surface area contributed by atoms with Crippen LogP contribution >= 0.6 is 22.9 Å². The normalized spacial score (nSPS) is 13.6. The number of hydrogen-bond donors (Lipinski definition) is 6. The van der Waals surface area contributed by atoms with E-state index in [1.165, 1.54) is 32.1 Å². The van der Waals surface area contributed by atoms with E-state index in [1.54, 1.807) is 6.07 Å². The average Bonchev–Trinajstić information content (AvgIpc) is 3.46. The second-order valence-corrected chi connectivity index (χ2v) is 12.8. The van der Waals surface area contributed by atoms with E-state index >= 15 is 0 Å². The van der Waals surface area contributed by atoms with E-state index < -0.39 is 24.3 Å². The van der Waals surface area contributed by atoms with Gasteiger partial charge in [0.1, 0.15) is 11.3 Å². The van der Waals surface area contributed by atoms with Crippen LogP contribution in [-0.2, 0) is 27.2 Å². The molecule has 1 saturated carbocycles. The molecule has 1 amide bonds. The fraction of sp³-hybridized carbons (Fsp3) is 0.500. The first-order valence-corrected chi connectivity index (χ1v) is 17.0. The highest BCUT2D eigenvalue weighted by Crippen LogP contribution is 2.28. The van der Waals surface area contributed by atoms with Gasteiger partial charge in [0.15, 0.2) is 0 Å². The molecule has 0 radical (unpaired) electrons. The van der Waals surface area contributed by atoms with Crippen LogP contribution in [0.2, 0.25) is 5.02 Å². The molecule has 11 nitrogen and oxygen atoms in total. The molecule has 4 rings (SSSR count). The number of benzene rings is 2. The summed E-state index contributed by atoms with van der Waals surface area (Å²) in [6.45, 7) is 3.92. The van der Waals surface area contributed by atoms with Crippen LogP contribution in [0.4, 0.5) is 26.3 Å². The third kappa shape index (κ3) is 16.3. The SMILES string of the molecule is O=C(CCN(CCNCCc1ccc(O)c2[nH]c(=O)sc12)C1CCCCC1)NCCc1cccc(Cl)c1.O=C(O)C(F)(F)F.O=C(O)C(F)(F)F. The van der Waals surface area contributed by atoms with Crippen molar-refractivity contribution >= 4 is 51.0 Å². The summed E-state index contributed by atoms with van der Waals surface area (Å²) in [7, 11) is 0. The first-order chi connectivity index (χ1) is 23.9. The number of fused-ring (bicyclic) bond motifs is 1. The predicted molar refractivity (Wildman–Crippen MR) is 179 cm³/mol. The van der Waals surface area contributed by atoms with E-state index in [0.717, 1.165) is 71.2 Å². The van der Waals surface area contributed by atoms with Crippen molar-refractivity contribution in [1.29, 1.82) is 0 Å². The van der Waals surface area contributed by atoms with Crippen LogP contribution < -0.4 is 15.5 Å². The summed E-state index contributed by atoms with van der Waals surface area (Å²) in [4.78, 5) is 47.1. The molecule has 1 aliphatic carbocycles. The van der Waals surface area contributed by atoms with Gasteiger partial charge in [-0.3, -0.25) is 14.5 Å². The van der Waals surface area contributed by atoms with Crippen molar-refractivity contribution in [2.45, 2.75) is 69.8 Å². The molecule has 19 heteroatoms. The summed E-state index contributed by atoms with van der Waals surface area (Å²) in [6, 6.07) is 11.8. The van der Waals surface area contributed by atoms with E-state index in [2.05, 4.69) is 20.5 Å². The lowest BCUT2D eigenvalue weighted by Crippen LogP contribution is -2.43. The molecule has 1 heterocycles. The van der Waals surface area contributed by atoms with Crippen molar-refractivity contribution in [3.05, 3.63) is 62.2 Å². The Kier molecular flexibility index (Phi) is 17.7. The van der Waals surface area contributed by atoms with Crippen molar-refractivity contribution in [3.63, 3.8) is 0 Å². The zero-order chi connectivity index (χ0) is 38.2. The number of carbonyl (C=O) groups is 3. The molecular formula is C32H39ClF6N4O7S. The second kappa shape index (κ2) is 20.8. The second-order valence-electron chi connectivity index (χ2n) is 11.4. The van der Waals surface area contributed by atoms with E-state index in [4.69, 9.17) is 31.4 Å². The number of alkyl halides is 6. The summed E-state index contributed by atoms with van der Waals surface area (Å²) < 4.78 is 64.3. The van der Waals surface area contributed by atoms with Crippen molar-refractivity contribution in [3.8, 4) is 5.75 Å². The number of hydrogen-bond acceptors (Lipinski definition) is 8. The highest BCUT2D eigenvalue weighted by atomic mass is 35.5. The highest BCUT2D eigenvalue weighted by Gasteiger charge is 2.38. The number of aromatic hydroxyl groups is 1. The lowest BCUT2D eigenvalue weighted by molar-refractivity contribution is -0.193. The summed E-state index contributed by atoms with van der Waals surface area (Å²) in [6.07, 6.45) is -1.88. The van der Waals surface area contributed by atoms with Gasteiger partial charge in [-0.2, -0.15) is 26.3 Å². The van der Waals surface area contributed by atoms with Crippen LogP contribution in [-0.4, -0.2) is 94.2 Å². The molecule has 0 aliphatic heterocycles. The Morgan fingerprint density at radius 2 is 1.53 bits per heavy atom. The van der Waals surface area contributed by atoms with Crippen LogP contribution in [0.5, 0.6) is 5.75 Å². The number of aliphatic carboxylic acids is 2. The van der Waals surface area contributed by atoms with Gasteiger partial charge in [0.25, 0.3) is 0 Å². The average molecular weight is 773 g/mol. The maximum atomic E-state index is 12.5. The number of carboxylic acid groups (broad SMARTS) is 2. The number of aromatic amines is 1. The lowest BCUT2D eigenvalue weighted by atomic mass is 9.94. The lowest BCUT2D eigenvalue weighted by Gasteiger charge is -2.34. The molecule has 6 N–H and O–H groups in total. The number of carboxylic acids is 2. The molecule has 0 bridgehead atoms. The first kappa shape index (κ1) is 43.3. The summed E-state index contributed by atoms with van der Waals surface area (Å²) in [5, 5.41) is 31.5. The molecule has 51 heavy (non-hydrogen) atoms. The fourth-order valence-electron chi connectivity index (χ4n) is 5.14.